The normalized spacial score (nSPS) is 53.2. The predicted molar refractivity (Wildman–Crippen MR) is 154 cm³/mol. The fourth-order valence-electron chi connectivity index (χ4n) is 12.4. The predicted octanol–water partition coefficient (Wildman–Crippen LogP) is 3.08. The van der Waals surface area contributed by atoms with Gasteiger partial charge in [-0.1, -0.05) is 32.4 Å². The van der Waals surface area contributed by atoms with Gasteiger partial charge >= 0.3 is 17.9 Å². The monoisotopic (exact) mass is 606 g/mol. The van der Waals surface area contributed by atoms with Gasteiger partial charge in [-0.2, -0.15) is 0 Å². The molecule has 5 saturated carbocycles. The molecule has 236 valence electrons. The summed E-state index contributed by atoms with van der Waals surface area (Å²) in [7, 11) is 1.28. The highest BCUT2D eigenvalue weighted by Gasteiger charge is 2.85. The van der Waals surface area contributed by atoms with Crippen molar-refractivity contribution in [1.82, 2.24) is 0 Å². The molecule has 7 aliphatic carbocycles. The van der Waals surface area contributed by atoms with Crippen LogP contribution in [-0.4, -0.2) is 64.9 Å². The molecule has 9 heteroatoms. The third-order valence-electron chi connectivity index (χ3n) is 14.3. The number of allylic oxidation sites excluding steroid dienone is 2. The van der Waals surface area contributed by atoms with Crippen molar-refractivity contribution in [3.63, 3.8) is 0 Å². The van der Waals surface area contributed by atoms with Gasteiger partial charge in [0.15, 0.2) is 5.78 Å². The highest BCUT2D eigenvalue weighted by Crippen LogP contribution is 2.83. The van der Waals surface area contributed by atoms with Gasteiger partial charge in [-0.25, -0.2) is 9.59 Å². The molecule has 9 nitrogen and oxygen atoms in total. The summed E-state index contributed by atoms with van der Waals surface area (Å²) >= 11 is 0. The summed E-state index contributed by atoms with van der Waals surface area (Å²) < 4.78 is 17.4. The van der Waals surface area contributed by atoms with Crippen LogP contribution in [0.2, 0.25) is 0 Å². The molecule has 0 bridgehead atoms. The number of esters is 3. The molecule has 1 spiro atoms. The zero-order valence-electron chi connectivity index (χ0n) is 26.2. The van der Waals surface area contributed by atoms with E-state index in [2.05, 4.69) is 6.92 Å². The maximum atomic E-state index is 14.3. The molecule has 0 amide bonds. The van der Waals surface area contributed by atoms with Gasteiger partial charge in [0.2, 0.25) is 0 Å². The van der Waals surface area contributed by atoms with Crippen LogP contribution in [0.15, 0.2) is 34.4 Å². The molecule has 2 N–H and O–H groups in total. The summed E-state index contributed by atoms with van der Waals surface area (Å²) in [5.41, 5.74) is -1.02. The molecule has 6 fully saturated rings. The Kier molecular flexibility index (Phi) is 5.55. The molecule has 0 aromatic rings. The molecule has 8 rings (SSSR count). The topological polar surface area (TPSA) is 136 Å². The van der Waals surface area contributed by atoms with E-state index in [0.29, 0.717) is 12.8 Å². The van der Waals surface area contributed by atoms with E-state index in [9.17, 15) is 29.4 Å². The molecule has 1 aliphatic heterocycles. The summed E-state index contributed by atoms with van der Waals surface area (Å²) in [5, 5.41) is 24.1. The van der Waals surface area contributed by atoms with Crippen LogP contribution in [0.3, 0.4) is 0 Å². The van der Waals surface area contributed by atoms with Gasteiger partial charge in [-0.3, -0.25) is 9.59 Å². The summed E-state index contributed by atoms with van der Waals surface area (Å²) in [5.74, 6) is -3.46. The number of hydrogen-bond donors (Lipinski definition) is 2. The van der Waals surface area contributed by atoms with Crippen LogP contribution in [0.1, 0.15) is 60.3 Å². The average molecular weight is 607 g/mol. The standard InChI is InChI=1S/C35H42O9/c1-7-8-24(36)43-13-34(41)21-11-20(21)32(4)22(34)12-18-14(2)31(40)44-35(18)23(32)10-17-16-9-19(16)33(5)26(17)27(35)25(28(37)29(33)38)15(3)30(39)42-6/h7-8,14,16,18-23,27,29,38,41H,9-13H2,1-6H3/b8-7-,25-15-/t14?,16-,18?,19-,20-,21+,22-,23+,27+,29+,32+,33+,34+,35+/m1/s1. The Morgan fingerprint density at radius 3 is 2.48 bits per heavy atom. The molecule has 44 heavy (non-hydrogen) atoms. The summed E-state index contributed by atoms with van der Waals surface area (Å²) in [6.07, 6.45) is 4.49. The number of aliphatic hydroxyl groups excluding tert-OH is 1. The smallest absolute Gasteiger partial charge is 0.333 e. The van der Waals surface area contributed by atoms with Gasteiger partial charge in [0.25, 0.3) is 0 Å². The molecular weight excluding hydrogens is 564 g/mol. The molecule has 1 heterocycles. The second-order valence-electron chi connectivity index (χ2n) is 15.5. The third-order valence-corrected chi connectivity index (χ3v) is 14.3. The summed E-state index contributed by atoms with van der Waals surface area (Å²) in [6, 6.07) is 0. The van der Waals surface area contributed by atoms with E-state index >= 15 is 0 Å². The molecule has 0 radical (unpaired) electrons. The number of aliphatic hydroxyl groups is 2. The first kappa shape index (κ1) is 28.7. The minimum atomic E-state index is -1.29. The second-order valence-corrected chi connectivity index (χ2v) is 15.5. The van der Waals surface area contributed by atoms with Crippen LogP contribution in [0.4, 0.5) is 0 Å². The maximum absolute atomic E-state index is 14.3. The molecule has 2 unspecified atom stereocenters. The van der Waals surface area contributed by atoms with E-state index in [1.807, 2.05) is 13.8 Å². The fourth-order valence-corrected chi connectivity index (χ4v) is 12.4. The average Bonchev–Trinajstić information content (AvgIpc) is 3.90. The lowest BCUT2D eigenvalue weighted by Crippen LogP contribution is -2.69. The minimum Gasteiger partial charge on any atom is -0.466 e. The SMILES string of the molecule is C/C=C\C(=O)OC[C@]1(O)[C@H]2C[C@H]2[C@]2(C)[C@@H]3CC4=C5[C@H](/C(=C(\C)C(=O)OC)C(=O)[C@H](O)[C@@]5(C)[C@@H]5C[C@H]45)[C@@]34OC(=O)C(C)C4C[C@@H]12. The minimum absolute atomic E-state index is 0.0442. The number of hydrogen-bond acceptors (Lipinski definition) is 9. The lowest BCUT2D eigenvalue weighted by molar-refractivity contribution is -0.217. The van der Waals surface area contributed by atoms with Gasteiger partial charge in [-0.15, -0.1) is 0 Å². The number of rotatable bonds is 4. The van der Waals surface area contributed by atoms with Gasteiger partial charge in [0.1, 0.15) is 23.9 Å². The van der Waals surface area contributed by atoms with Crippen LogP contribution in [0.5, 0.6) is 0 Å². The van der Waals surface area contributed by atoms with Crippen molar-refractivity contribution in [2.75, 3.05) is 13.7 Å². The second kappa shape index (κ2) is 8.52. The summed E-state index contributed by atoms with van der Waals surface area (Å²) in [6.45, 7) is 9.29. The van der Waals surface area contributed by atoms with E-state index in [0.717, 1.165) is 18.4 Å². The lowest BCUT2D eigenvalue weighted by atomic mass is 9.40. The van der Waals surface area contributed by atoms with E-state index in [1.165, 1.54) is 18.8 Å². The van der Waals surface area contributed by atoms with Crippen molar-refractivity contribution in [3.8, 4) is 0 Å². The maximum Gasteiger partial charge on any atom is 0.333 e. The van der Waals surface area contributed by atoms with Crippen LogP contribution >= 0.6 is 0 Å². The lowest BCUT2D eigenvalue weighted by Gasteiger charge is -2.65. The molecule has 1 saturated heterocycles. The van der Waals surface area contributed by atoms with E-state index < -0.39 is 57.7 Å². The number of ether oxygens (including phenoxy) is 3. The number of methoxy groups -OCH3 is 1. The Morgan fingerprint density at radius 1 is 1.07 bits per heavy atom. The molecular formula is C35H42O9. The Morgan fingerprint density at radius 2 is 1.80 bits per heavy atom. The zero-order valence-corrected chi connectivity index (χ0v) is 26.2. The van der Waals surface area contributed by atoms with Crippen molar-refractivity contribution < 1.29 is 43.6 Å². The summed E-state index contributed by atoms with van der Waals surface area (Å²) in [4.78, 5) is 53.6. The van der Waals surface area contributed by atoms with Crippen LogP contribution in [0, 0.1) is 64.1 Å². The Labute approximate surface area is 257 Å². The fraction of sp³-hybridized carbons (Fsp3) is 0.714. The Hall–Kier alpha value is -2.78. The Bertz CT molecular complexity index is 1540. The third kappa shape index (κ3) is 2.96. The molecule has 14 atom stereocenters. The zero-order chi connectivity index (χ0) is 31.5. The van der Waals surface area contributed by atoms with Crippen molar-refractivity contribution >= 4 is 23.7 Å². The van der Waals surface area contributed by atoms with Crippen molar-refractivity contribution in [3.05, 3.63) is 34.4 Å². The number of carbonyl (C=O) groups excluding carboxylic acids is 4. The first-order valence-corrected chi connectivity index (χ1v) is 16.2. The number of carbonyl (C=O) groups is 4. The number of ketones is 1. The first-order chi connectivity index (χ1) is 20.7. The van der Waals surface area contributed by atoms with Crippen molar-refractivity contribution in [2.24, 2.45) is 64.1 Å². The van der Waals surface area contributed by atoms with Gasteiger partial charge in [-0.05, 0) is 80.1 Å². The van der Waals surface area contributed by atoms with Crippen LogP contribution in [0.25, 0.3) is 0 Å². The molecule has 8 aliphatic rings. The molecule has 0 aromatic heterocycles. The van der Waals surface area contributed by atoms with E-state index in [-0.39, 0.29) is 65.1 Å². The molecule has 0 aromatic carbocycles. The number of fused-ring (bicyclic) bond motifs is 7. The van der Waals surface area contributed by atoms with Gasteiger partial charge < -0.3 is 24.4 Å². The highest BCUT2D eigenvalue weighted by atomic mass is 16.6. The highest BCUT2D eigenvalue weighted by molar-refractivity contribution is 6.09. The largest absolute Gasteiger partial charge is 0.466 e. The van der Waals surface area contributed by atoms with Crippen LogP contribution in [-0.2, 0) is 33.4 Å². The quantitative estimate of drug-likeness (QED) is 0.214. The van der Waals surface area contributed by atoms with Crippen molar-refractivity contribution in [1.29, 1.82) is 0 Å². The van der Waals surface area contributed by atoms with Crippen molar-refractivity contribution in [2.45, 2.75) is 77.6 Å². The first-order valence-electron chi connectivity index (χ1n) is 16.2. The van der Waals surface area contributed by atoms with E-state index in [4.69, 9.17) is 14.2 Å². The Balaban J connectivity index is 1.35. The van der Waals surface area contributed by atoms with E-state index in [1.54, 1.807) is 19.9 Å². The van der Waals surface area contributed by atoms with Gasteiger partial charge in [0, 0.05) is 34.5 Å². The van der Waals surface area contributed by atoms with Gasteiger partial charge in [0.05, 0.1) is 18.9 Å². The number of Topliss-reactive ketones (excluding diaryl/α,β-unsaturated/α-hetero) is 1. The van der Waals surface area contributed by atoms with Crippen LogP contribution < -0.4 is 0 Å².